The van der Waals surface area contributed by atoms with Gasteiger partial charge in [-0.1, -0.05) is 194 Å². The number of para-hydroxylation sites is 1. The third kappa shape index (κ3) is 6.76. The SMILES string of the molecule is [2H]c1c([2H])c([2H])c(-c2cccc(-c3ccc(-n4c5c([2H])c([2H])c([2H])c([2H])c5c5c(-c6c([2H])c([2H])c([2H])c([2H])c6[2H])c([2H])c([2H])c([2H])c54)c(-c4nc(-c5ccccc5)nc(-c5cccc(-c6ccccc6)c5)n4)c3)c2)c([2H])c1[2H]. The van der Waals surface area contributed by atoms with E-state index in [2.05, 4.69) is 0 Å². The van der Waals surface area contributed by atoms with Crippen LogP contribution in [0, 0.1) is 0 Å². The van der Waals surface area contributed by atoms with E-state index in [1.807, 2.05) is 84.9 Å². The third-order valence-corrected chi connectivity index (χ3v) is 10.3. The zero-order chi connectivity index (χ0) is 55.3. The summed E-state index contributed by atoms with van der Waals surface area (Å²) in [5, 5.41) is -0.512. The molecule has 11 rings (SSSR count). The van der Waals surface area contributed by atoms with Crippen LogP contribution in [0.15, 0.2) is 230 Å². The highest BCUT2D eigenvalue weighted by Gasteiger charge is 2.22. The zero-order valence-corrected chi connectivity index (χ0v) is 31.9. The molecule has 4 heteroatoms. The minimum atomic E-state index is -0.756. The van der Waals surface area contributed by atoms with Crippen LogP contribution in [-0.4, -0.2) is 19.5 Å². The summed E-state index contributed by atoms with van der Waals surface area (Å²) >= 11 is 0. The van der Waals surface area contributed by atoms with Crippen LogP contribution in [0.25, 0.3) is 106 Å². The third-order valence-electron chi connectivity index (χ3n) is 10.3. The first-order chi connectivity index (χ1) is 37.3. The number of aromatic nitrogens is 4. The van der Waals surface area contributed by atoms with Gasteiger partial charge in [0.25, 0.3) is 0 Å². The van der Waals surface area contributed by atoms with Crippen molar-refractivity contribution >= 4 is 21.8 Å². The normalized spacial score (nSPS) is 15.2. The first kappa shape index (κ1) is 22.2. The van der Waals surface area contributed by atoms with E-state index in [9.17, 15) is 6.85 Å². The molecular formula is C57H38N4. The number of hydrogen-bond donors (Lipinski definition) is 0. The van der Waals surface area contributed by atoms with Crippen molar-refractivity contribution in [1.82, 2.24) is 19.5 Å². The Kier molecular flexibility index (Phi) is 5.66. The van der Waals surface area contributed by atoms with E-state index < -0.39 is 114 Å². The number of rotatable bonds is 8. The summed E-state index contributed by atoms with van der Waals surface area (Å²) in [4.78, 5) is 15.2. The first-order valence-corrected chi connectivity index (χ1v) is 19.2. The summed E-state index contributed by atoms with van der Waals surface area (Å²) in [6.07, 6.45) is 0. The largest absolute Gasteiger partial charge is 0.308 e. The lowest BCUT2D eigenvalue weighted by Crippen LogP contribution is -2.04. The molecule has 0 unspecified atom stereocenters. The van der Waals surface area contributed by atoms with E-state index in [1.54, 1.807) is 42.5 Å². The van der Waals surface area contributed by atoms with Crippen LogP contribution in [0.3, 0.4) is 0 Å². The van der Waals surface area contributed by atoms with E-state index >= 15 is 0 Å². The van der Waals surface area contributed by atoms with Gasteiger partial charge in [0.2, 0.25) is 0 Å². The topological polar surface area (TPSA) is 43.6 Å². The molecule has 2 aromatic heterocycles. The van der Waals surface area contributed by atoms with Crippen LogP contribution in [-0.2, 0) is 0 Å². The Morgan fingerprint density at radius 3 is 1.59 bits per heavy atom. The van der Waals surface area contributed by atoms with Crippen molar-refractivity contribution in [3.8, 4) is 84.4 Å². The Labute approximate surface area is 378 Å². The predicted molar refractivity (Wildman–Crippen MR) is 252 cm³/mol. The van der Waals surface area contributed by atoms with E-state index in [-0.39, 0.29) is 56.1 Å². The van der Waals surface area contributed by atoms with Gasteiger partial charge in [-0.2, -0.15) is 0 Å². The standard InChI is InChI=1S/C57H38N4/c1-5-18-39(19-6-1)43-26-15-28-45(36-43)46-34-35-52(61-51-32-14-13-30-49(51)54-48(31-17-33-53(54)61)41-22-9-3-10-23-41)50(38-46)57-59-55(42-24-11-4-12-25-42)58-56(60-57)47-29-16-27-44(37-47)40-20-7-2-8-21-40/h1-38H/i1D,3D,5D,6D,9D,10D,13D,14D,17D,18D,19D,22D,23D,30D,31D,32D,33D. The molecule has 0 amide bonds. The molecule has 286 valence electrons. The van der Waals surface area contributed by atoms with Gasteiger partial charge in [0.15, 0.2) is 17.5 Å². The van der Waals surface area contributed by atoms with Gasteiger partial charge in [0, 0.05) is 27.5 Å². The fourth-order valence-corrected chi connectivity index (χ4v) is 7.53. The molecule has 9 aromatic carbocycles. The van der Waals surface area contributed by atoms with Crippen LogP contribution in [0.4, 0.5) is 0 Å². The van der Waals surface area contributed by atoms with Crippen molar-refractivity contribution in [3.63, 3.8) is 0 Å². The average Bonchev–Trinajstić information content (AvgIpc) is 3.92. The minimum Gasteiger partial charge on any atom is -0.308 e. The van der Waals surface area contributed by atoms with E-state index in [0.29, 0.717) is 27.8 Å². The van der Waals surface area contributed by atoms with E-state index in [4.69, 9.17) is 31.4 Å². The maximum Gasteiger partial charge on any atom is 0.166 e. The fraction of sp³-hybridized carbons (Fsp3) is 0. The van der Waals surface area contributed by atoms with Crippen molar-refractivity contribution in [1.29, 1.82) is 0 Å². The molecule has 2 heterocycles. The smallest absolute Gasteiger partial charge is 0.166 e. The molecular weight excluding hydrogens is 741 g/mol. The molecule has 0 bridgehead atoms. The van der Waals surface area contributed by atoms with Crippen LogP contribution in [0.1, 0.15) is 23.3 Å². The van der Waals surface area contributed by atoms with Gasteiger partial charge in [-0.05, 0) is 80.9 Å². The van der Waals surface area contributed by atoms with Crippen LogP contribution < -0.4 is 0 Å². The second-order valence-corrected chi connectivity index (χ2v) is 14.0. The van der Waals surface area contributed by atoms with Gasteiger partial charge in [0.05, 0.1) is 40.0 Å². The number of benzene rings is 9. The molecule has 61 heavy (non-hydrogen) atoms. The summed E-state index contributed by atoms with van der Waals surface area (Å²) in [5.74, 6) is 0.456. The van der Waals surface area contributed by atoms with Gasteiger partial charge in [-0.3, -0.25) is 0 Å². The molecule has 11 aromatic rings. The first-order valence-electron chi connectivity index (χ1n) is 27.7. The summed E-state index contributed by atoms with van der Waals surface area (Å²) in [6, 6.07) is 27.1. The molecule has 0 aliphatic heterocycles. The molecule has 0 aliphatic rings. The second kappa shape index (κ2) is 15.5. The fourth-order valence-electron chi connectivity index (χ4n) is 7.53. The highest BCUT2D eigenvalue weighted by Crippen LogP contribution is 2.42. The van der Waals surface area contributed by atoms with Crippen molar-refractivity contribution < 1.29 is 23.3 Å². The Morgan fingerprint density at radius 2 is 0.852 bits per heavy atom. The Bertz CT molecular complexity index is 4300. The van der Waals surface area contributed by atoms with Gasteiger partial charge in [0.1, 0.15) is 0 Å². The van der Waals surface area contributed by atoms with Crippen molar-refractivity contribution in [2.24, 2.45) is 0 Å². The maximum atomic E-state index is 9.65. The van der Waals surface area contributed by atoms with Gasteiger partial charge < -0.3 is 4.57 Å². The second-order valence-electron chi connectivity index (χ2n) is 14.0. The van der Waals surface area contributed by atoms with Crippen LogP contribution in [0.2, 0.25) is 0 Å². The van der Waals surface area contributed by atoms with Crippen LogP contribution >= 0.6 is 0 Å². The van der Waals surface area contributed by atoms with Crippen molar-refractivity contribution in [2.45, 2.75) is 0 Å². The molecule has 0 N–H and O–H groups in total. The maximum absolute atomic E-state index is 9.65. The summed E-state index contributed by atoms with van der Waals surface area (Å²) < 4.78 is 153. The molecule has 0 aliphatic carbocycles. The molecule has 4 nitrogen and oxygen atoms in total. The highest BCUT2D eigenvalue weighted by molar-refractivity contribution is 6.16. The van der Waals surface area contributed by atoms with E-state index in [0.717, 1.165) is 11.1 Å². The summed E-state index contributed by atoms with van der Waals surface area (Å²) in [7, 11) is 0. The van der Waals surface area contributed by atoms with E-state index in [1.165, 1.54) is 4.57 Å². The zero-order valence-electron chi connectivity index (χ0n) is 48.9. The van der Waals surface area contributed by atoms with Crippen LogP contribution in [0.5, 0.6) is 0 Å². The molecule has 0 radical (unpaired) electrons. The Hall–Kier alpha value is -8.21. The van der Waals surface area contributed by atoms with Gasteiger partial charge in [-0.25, -0.2) is 15.0 Å². The molecule has 0 atom stereocenters. The summed E-state index contributed by atoms with van der Waals surface area (Å²) in [5.41, 5.74) is 2.97. The molecule has 0 saturated heterocycles. The molecule has 0 fully saturated rings. The molecule has 0 saturated carbocycles. The lowest BCUT2D eigenvalue weighted by atomic mass is 9.97. The Morgan fingerprint density at radius 1 is 0.328 bits per heavy atom. The lowest BCUT2D eigenvalue weighted by molar-refractivity contribution is 1.06. The highest BCUT2D eigenvalue weighted by atomic mass is 15.1. The summed E-state index contributed by atoms with van der Waals surface area (Å²) in [6.45, 7) is 0. The monoisotopic (exact) mass is 795 g/mol. The molecule has 0 spiro atoms. The average molecular weight is 796 g/mol. The lowest BCUT2D eigenvalue weighted by Gasteiger charge is -2.17. The minimum absolute atomic E-state index is 0.0130. The van der Waals surface area contributed by atoms with Crippen molar-refractivity contribution in [2.75, 3.05) is 0 Å². The number of fused-ring (bicyclic) bond motifs is 3. The quantitative estimate of drug-likeness (QED) is 0.154. The van der Waals surface area contributed by atoms with Gasteiger partial charge in [-0.15, -0.1) is 0 Å². The Balaban J connectivity index is 1.29. The van der Waals surface area contributed by atoms with Gasteiger partial charge >= 0.3 is 0 Å². The van der Waals surface area contributed by atoms with Crippen molar-refractivity contribution in [3.05, 3.63) is 230 Å². The number of nitrogens with zero attached hydrogens (tertiary/aromatic N) is 4. The predicted octanol–water partition coefficient (Wildman–Crippen LogP) is 14.6. The number of hydrogen-bond acceptors (Lipinski definition) is 3.